The summed E-state index contributed by atoms with van der Waals surface area (Å²) in [5.74, 6) is 1.71. The third-order valence-corrected chi connectivity index (χ3v) is 2.85. The molecule has 14 heavy (non-hydrogen) atoms. The summed E-state index contributed by atoms with van der Waals surface area (Å²) < 4.78 is 2.23. The number of rotatable bonds is 5. The van der Waals surface area contributed by atoms with Crippen LogP contribution in [-0.4, -0.2) is 21.3 Å². The zero-order valence-corrected chi connectivity index (χ0v) is 8.69. The molecule has 1 aromatic rings. The van der Waals surface area contributed by atoms with Crippen LogP contribution in [0.15, 0.2) is 6.33 Å². The number of nitrogens with two attached hydrogens (primary N) is 1. The van der Waals surface area contributed by atoms with Gasteiger partial charge in [-0.25, -0.2) is 0 Å². The molecule has 78 valence electrons. The molecule has 1 atom stereocenters. The van der Waals surface area contributed by atoms with Gasteiger partial charge in [-0.1, -0.05) is 6.92 Å². The quantitative estimate of drug-likeness (QED) is 0.764. The predicted octanol–water partition coefficient (Wildman–Crippen LogP) is 1.14. The van der Waals surface area contributed by atoms with Crippen LogP contribution in [0.5, 0.6) is 0 Å². The molecular formula is C10H18N4. The van der Waals surface area contributed by atoms with Crippen LogP contribution < -0.4 is 5.73 Å². The molecular weight excluding hydrogens is 176 g/mol. The molecule has 0 bridgehead atoms. The molecule has 1 aromatic heterocycles. The zero-order chi connectivity index (χ0) is 9.97. The first-order valence-corrected chi connectivity index (χ1v) is 5.39. The van der Waals surface area contributed by atoms with Gasteiger partial charge in [0.05, 0.1) is 0 Å². The zero-order valence-electron chi connectivity index (χ0n) is 8.69. The Labute approximate surface area is 84.5 Å². The van der Waals surface area contributed by atoms with Crippen LogP contribution in [0.4, 0.5) is 0 Å². The number of aromatic nitrogens is 3. The van der Waals surface area contributed by atoms with E-state index in [1.54, 1.807) is 0 Å². The van der Waals surface area contributed by atoms with Crippen molar-refractivity contribution in [3.63, 3.8) is 0 Å². The third kappa shape index (κ3) is 2.12. The summed E-state index contributed by atoms with van der Waals surface area (Å²) in [6.07, 6.45) is 6.56. The summed E-state index contributed by atoms with van der Waals surface area (Å²) >= 11 is 0. The van der Waals surface area contributed by atoms with Gasteiger partial charge < -0.3 is 10.3 Å². The minimum Gasteiger partial charge on any atom is -0.330 e. The fraction of sp³-hybridized carbons (Fsp3) is 0.800. The Balaban J connectivity index is 1.91. The van der Waals surface area contributed by atoms with Crippen molar-refractivity contribution in [3.8, 4) is 0 Å². The average molecular weight is 194 g/mol. The van der Waals surface area contributed by atoms with E-state index in [4.69, 9.17) is 5.73 Å². The fourth-order valence-electron chi connectivity index (χ4n) is 1.60. The first kappa shape index (κ1) is 9.65. The Bertz CT molecular complexity index is 290. The van der Waals surface area contributed by atoms with Crippen LogP contribution in [0.1, 0.15) is 38.1 Å². The summed E-state index contributed by atoms with van der Waals surface area (Å²) in [6.45, 7) is 2.94. The molecule has 1 heterocycles. The number of hydrogen-bond acceptors (Lipinski definition) is 3. The molecule has 0 radical (unpaired) electrons. The van der Waals surface area contributed by atoms with Crippen molar-refractivity contribution in [2.24, 2.45) is 11.7 Å². The Morgan fingerprint density at radius 1 is 1.64 bits per heavy atom. The molecule has 0 saturated heterocycles. The maximum absolute atomic E-state index is 5.58. The third-order valence-electron chi connectivity index (χ3n) is 2.85. The standard InChI is InChI=1S/C10H18N4/c1-8(6-11)2-5-10-13-12-7-14(10)9-3-4-9/h7-9H,2-6,11H2,1H3. The van der Waals surface area contributed by atoms with E-state index >= 15 is 0 Å². The minimum atomic E-state index is 0.583. The number of nitrogens with zero attached hydrogens (tertiary/aromatic N) is 3. The highest BCUT2D eigenvalue weighted by Crippen LogP contribution is 2.35. The molecule has 2 rings (SSSR count). The lowest BCUT2D eigenvalue weighted by molar-refractivity contribution is 0.523. The monoisotopic (exact) mass is 194 g/mol. The van der Waals surface area contributed by atoms with Crippen molar-refractivity contribution in [2.45, 2.75) is 38.6 Å². The van der Waals surface area contributed by atoms with Crippen LogP contribution in [0.25, 0.3) is 0 Å². The van der Waals surface area contributed by atoms with Crippen molar-refractivity contribution in [1.82, 2.24) is 14.8 Å². The van der Waals surface area contributed by atoms with Crippen molar-refractivity contribution in [2.75, 3.05) is 6.54 Å². The van der Waals surface area contributed by atoms with E-state index in [-0.39, 0.29) is 0 Å². The normalized spacial score (nSPS) is 18.4. The van der Waals surface area contributed by atoms with E-state index in [2.05, 4.69) is 21.7 Å². The van der Waals surface area contributed by atoms with E-state index in [1.165, 1.54) is 12.8 Å². The van der Waals surface area contributed by atoms with Gasteiger partial charge in [-0.3, -0.25) is 0 Å². The lowest BCUT2D eigenvalue weighted by Crippen LogP contribution is -2.12. The van der Waals surface area contributed by atoms with Gasteiger partial charge in [0.25, 0.3) is 0 Å². The Morgan fingerprint density at radius 3 is 3.07 bits per heavy atom. The maximum Gasteiger partial charge on any atom is 0.133 e. The summed E-state index contributed by atoms with van der Waals surface area (Å²) in [5.41, 5.74) is 5.58. The highest BCUT2D eigenvalue weighted by Gasteiger charge is 2.25. The number of hydrogen-bond donors (Lipinski definition) is 1. The molecule has 4 heteroatoms. The molecule has 1 aliphatic carbocycles. The second-order valence-corrected chi connectivity index (χ2v) is 4.27. The van der Waals surface area contributed by atoms with Crippen LogP contribution in [0.3, 0.4) is 0 Å². The fourth-order valence-corrected chi connectivity index (χ4v) is 1.60. The van der Waals surface area contributed by atoms with E-state index < -0.39 is 0 Å². The number of aryl methyl sites for hydroxylation is 1. The first-order valence-electron chi connectivity index (χ1n) is 5.39. The average Bonchev–Trinajstić information content (AvgIpc) is 2.94. The van der Waals surface area contributed by atoms with Gasteiger partial charge in [-0.05, 0) is 31.7 Å². The molecule has 0 aromatic carbocycles. The van der Waals surface area contributed by atoms with Crippen LogP contribution in [0.2, 0.25) is 0 Å². The Hall–Kier alpha value is -0.900. The topological polar surface area (TPSA) is 56.7 Å². The Kier molecular flexibility index (Phi) is 2.82. The van der Waals surface area contributed by atoms with Gasteiger partial charge in [0.1, 0.15) is 12.2 Å². The van der Waals surface area contributed by atoms with Crippen molar-refractivity contribution in [1.29, 1.82) is 0 Å². The van der Waals surface area contributed by atoms with E-state index in [9.17, 15) is 0 Å². The van der Waals surface area contributed by atoms with Crippen molar-refractivity contribution >= 4 is 0 Å². The Morgan fingerprint density at radius 2 is 2.43 bits per heavy atom. The summed E-state index contributed by atoms with van der Waals surface area (Å²) in [7, 11) is 0. The molecule has 0 spiro atoms. The second kappa shape index (κ2) is 4.09. The second-order valence-electron chi connectivity index (χ2n) is 4.27. The predicted molar refractivity (Wildman–Crippen MR) is 54.8 cm³/mol. The van der Waals surface area contributed by atoms with Crippen molar-refractivity contribution in [3.05, 3.63) is 12.2 Å². The van der Waals surface area contributed by atoms with Gasteiger partial charge >= 0.3 is 0 Å². The van der Waals surface area contributed by atoms with Gasteiger partial charge in [-0.2, -0.15) is 0 Å². The summed E-state index contributed by atoms with van der Waals surface area (Å²) in [5, 5.41) is 8.12. The van der Waals surface area contributed by atoms with E-state index in [0.717, 1.165) is 25.2 Å². The SMILES string of the molecule is CC(CN)CCc1nncn1C1CC1. The van der Waals surface area contributed by atoms with E-state index in [0.29, 0.717) is 12.0 Å². The van der Waals surface area contributed by atoms with Crippen LogP contribution >= 0.6 is 0 Å². The molecule has 2 N–H and O–H groups in total. The summed E-state index contributed by atoms with van der Waals surface area (Å²) in [4.78, 5) is 0. The van der Waals surface area contributed by atoms with Gasteiger partial charge in [-0.15, -0.1) is 10.2 Å². The highest BCUT2D eigenvalue weighted by molar-refractivity contribution is 4.95. The molecule has 0 amide bonds. The minimum absolute atomic E-state index is 0.583. The highest BCUT2D eigenvalue weighted by atomic mass is 15.3. The van der Waals surface area contributed by atoms with Gasteiger partial charge in [0, 0.05) is 12.5 Å². The van der Waals surface area contributed by atoms with Gasteiger partial charge in [0.2, 0.25) is 0 Å². The lowest BCUT2D eigenvalue weighted by atomic mass is 10.1. The molecule has 1 saturated carbocycles. The molecule has 1 fully saturated rings. The molecule has 0 aliphatic heterocycles. The molecule has 4 nitrogen and oxygen atoms in total. The van der Waals surface area contributed by atoms with Gasteiger partial charge in [0.15, 0.2) is 0 Å². The molecule has 1 aliphatic rings. The van der Waals surface area contributed by atoms with Crippen LogP contribution in [-0.2, 0) is 6.42 Å². The maximum atomic E-state index is 5.58. The largest absolute Gasteiger partial charge is 0.330 e. The smallest absolute Gasteiger partial charge is 0.133 e. The van der Waals surface area contributed by atoms with E-state index in [1.807, 2.05) is 6.33 Å². The van der Waals surface area contributed by atoms with Crippen LogP contribution in [0, 0.1) is 5.92 Å². The van der Waals surface area contributed by atoms with Crippen molar-refractivity contribution < 1.29 is 0 Å². The summed E-state index contributed by atoms with van der Waals surface area (Å²) in [6, 6.07) is 0.688. The molecule has 1 unspecified atom stereocenters. The first-order chi connectivity index (χ1) is 6.81. The lowest BCUT2D eigenvalue weighted by Gasteiger charge is -2.08.